The first-order valence-corrected chi connectivity index (χ1v) is 6.84. The van der Waals surface area contributed by atoms with E-state index in [0.717, 1.165) is 25.5 Å². The number of halogens is 1. The Labute approximate surface area is 117 Å². The molecule has 0 radical (unpaired) electrons. The van der Waals surface area contributed by atoms with Gasteiger partial charge in [-0.05, 0) is 25.3 Å². The first-order valence-electron chi connectivity index (χ1n) is 6.84. The molecule has 1 aromatic heterocycles. The molecule has 2 N–H and O–H groups in total. The summed E-state index contributed by atoms with van der Waals surface area (Å²) < 4.78 is 13.2. The second kappa shape index (κ2) is 6.17. The zero-order valence-corrected chi connectivity index (χ0v) is 11.4. The fraction of sp³-hybridized carbons (Fsp3) is 0.571. The van der Waals surface area contributed by atoms with E-state index in [0.29, 0.717) is 12.0 Å². The number of aliphatic hydroxyl groups excluding tert-OH is 1. The van der Waals surface area contributed by atoms with E-state index in [9.17, 15) is 19.4 Å². The van der Waals surface area contributed by atoms with Crippen molar-refractivity contribution in [3.8, 4) is 0 Å². The molecule has 2 heterocycles. The SMILES string of the molecule is CCC[C@@H]1CC[C@H]([C@@H](O)c2cncc(F)c2)N1C(=O)O. The summed E-state index contributed by atoms with van der Waals surface area (Å²) in [6.07, 6.45) is 3.32. The molecule has 1 aromatic rings. The monoisotopic (exact) mass is 282 g/mol. The molecule has 110 valence electrons. The van der Waals surface area contributed by atoms with Gasteiger partial charge in [0.05, 0.1) is 12.2 Å². The molecule has 0 spiro atoms. The number of nitrogens with zero attached hydrogens (tertiary/aromatic N) is 2. The van der Waals surface area contributed by atoms with Gasteiger partial charge in [-0.1, -0.05) is 13.3 Å². The number of amides is 1. The molecular formula is C14H19FN2O3. The Morgan fingerprint density at radius 3 is 2.90 bits per heavy atom. The minimum Gasteiger partial charge on any atom is -0.465 e. The number of aliphatic hydroxyl groups is 1. The summed E-state index contributed by atoms with van der Waals surface area (Å²) in [4.78, 5) is 16.4. The van der Waals surface area contributed by atoms with Crippen LogP contribution in [0.3, 0.4) is 0 Å². The molecular weight excluding hydrogens is 263 g/mol. The molecule has 1 aliphatic rings. The summed E-state index contributed by atoms with van der Waals surface area (Å²) in [6.45, 7) is 2.00. The lowest BCUT2D eigenvalue weighted by atomic mass is 10.0. The molecule has 1 fully saturated rings. The highest BCUT2D eigenvalue weighted by Gasteiger charge is 2.40. The normalized spacial score (nSPS) is 23.9. The highest BCUT2D eigenvalue weighted by molar-refractivity contribution is 5.66. The topological polar surface area (TPSA) is 73.7 Å². The van der Waals surface area contributed by atoms with Crippen molar-refractivity contribution in [2.24, 2.45) is 0 Å². The van der Waals surface area contributed by atoms with Crippen molar-refractivity contribution in [3.05, 3.63) is 29.8 Å². The average Bonchev–Trinajstić information content (AvgIpc) is 2.82. The molecule has 6 heteroatoms. The summed E-state index contributed by atoms with van der Waals surface area (Å²) in [6, 6.07) is 0.594. The van der Waals surface area contributed by atoms with Gasteiger partial charge < -0.3 is 10.2 Å². The quantitative estimate of drug-likeness (QED) is 0.890. The van der Waals surface area contributed by atoms with Gasteiger partial charge in [-0.15, -0.1) is 0 Å². The van der Waals surface area contributed by atoms with E-state index < -0.39 is 24.1 Å². The van der Waals surface area contributed by atoms with E-state index in [2.05, 4.69) is 4.98 Å². The summed E-state index contributed by atoms with van der Waals surface area (Å²) >= 11 is 0. The smallest absolute Gasteiger partial charge is 0.407 e. The molecule has 0 bridgehead atoms. The lowest BCUT2D eigenvalue weighted by Crippen LogP contribution is -2.43. The zero-order chi connectivity index (χ0) is 14.7. The zero-order valence-electron chi connectivity index (χ0n) is 11.4. The van der Waals surface area contributed by atoms with Crippen molar-refractivity contribution < 1.29 is 19.4 Å². The maximum Gasteiger partial charge on any atom is 0.407 e. The average molecular weight is 282 g/mol. The highest BCUT2D eigenvalue weighted by atomic mass is 19.1. The third kappa shape index (κ3) is 2.90. The van der Waals surface area contributed by atoms with Crippen molar-refractivity contribution in [3.63, 3.8) is 0 Å². The Balaban J connectivity index is 2.20. The molecule has 0 unspecified atom stereocenters. The van der Waals surface area contributed by atoms with E-state index in [4.69, 9.17) is 0 Å². The van der Waals surface area contributed by atoms with Gasteiger partial charge in [0.2, 0.25) is 0 Å². The van der Waals surface area contributed by atoms with E-state index in [1.54, 1.807) is 0 Å². The summed E-state index contributed by atoms with van der Waals surface area (Å²) in [7, 11) is 0. The Kier molecular flexibility index (Phi) is 4.54. The predicted molar refractivity (Wildman–Crippen MR) is 70.7 cm³/mol. The van der Waals surface area contributed by atoms with Crippen LogP contribution in [0.25, 0.3) is 0 Å². The van der Waals surface area contributed by atoms with Gasteiger partial charge in [-0.3, -0.25) is 9.88 Å². The van der Waals surface area contributed by atoms with Gasteiger partial charge in [0, 0.05) is 17.8 Å². The molecule has 0 aliphatic carbocycles. The minimum atomic E-state index is -1.05. The number of rotatable bonds is 4. The van der Waals surface area contributed by atoms with E-state index in [1.165, 1.54) is 17.2 Å². The third-order valence-electron chi connectivity index (χ3n) is 3.82. The van der Waals surface area contributed by atoms with E-state index in [1.807, 2.05) is 6.92 Å². The third-order valence-corrected chi connectivity index (χ3v) is 3.82. The number of carboxylic acid groups (broad SMARTS) is 1. The molecule has 1 aliphatic heterocycles. The fourth-order valence-electron chi connectivity index (χ4n) is 2.95. The highest BCUT2D eigenvalue weighted by Crippen LogP contribution is 2.34. The van der Waals surface area contributed by atoms with Crippen molar-refractivity contribution in [2.75, 3.05) is 0 Å². The number of hydrogen-bond acceptors (Lipinski definition) is 3. The number of pyridine rings is 1. The minimum absolute atomic E-state index is 0.0707. The fourth-order valence-corrected chi connectivity index (χ4v) is 2.95. The molecule has 1 saturated heterocycles. The van der Waals surface area contributed by atoms with E-state index >= 15 is 0 Å². The van der Waals surface area contributed by atoms with Crippen molar-refractivity contribution in [1.29, 1.82) is 0 Å². The molecule has 0 aromatic carbocycles. The van der Waals surface area contributed by atoms with Crippen LogP contribution in [0.1, 0.15) is 44.3 Å². The standard InChI is InChI=1S/C14H19FN2O3/c1-2-3-11-4-5-12(17(11)14(19)20)13(18)9-6-10(15)8-16-7-9/h6-8,11-13,18H,2-5H2,1H3,(H,19,20)/t11-,12-,13+/m1/s1. The Morgan fingerprint density at radius 1 is 1.55 bits per heavy atom. The van der Waals surface area contributed by atoms with Crippen LogP contribution in [0.5, 0.6) is 0 Å². The van der Waals surface area contributed by atoms with Crippen LogP contribution in [0.4, 0.5) is 9.18 Å². The van der Waals surface area contributed by atoms with Crippen LogP contribution in [-0.2, 0) is 0 Å². The number of likely N-dealkylation sites (tertiary alicyclic amines) is 1. The maximum atomic E-state index is 13.2. The largest absolute Gasteiger partial charge is 0.465 e. The lowest BCUT2D eigenvalue weighted by molar-refractivity contribution is 0.0523. The van der Waals surface area contributed by atoms with Gasteiger partial charge in [0.1, 0.15) is 11.9 Å². The van der Waals surface area contributed by atoms with Gasteiger partial charge in [-0.25, -0.2) is 9.18 Å². The maximum absolute atomic E-state index is 13.2. The van der Waals surface area contributed by atoms with Crippen LogP contribution in [0.15, 0.2) is 18.5 Å². The molecule has 5 nitrogen and oxygen atoms in total. The first-order chi connectivity index (χ1) is 9.54. The number of carbonyl (C=O) groups is 1. The molecule has 3 atom stereocenters. The van der Waals surface area contributed by atoms with E-state index in [-0.39, 0.29) is 6.04 Å². The summed E-state index contributed by atoms with van der Waals surface area (Å²) in [5.41, 5.74) is 0.318. The van der Waals surface area contributed by atoms with Crippen LogP contribution in [0.2, 0.25) is 0 Å². The van der Waals surface area contributed by atoms with Crippen molar-refractivity contribution >= 4 is 6.09 Å². The molecule has 2 rings (SSSR count). The number of hydrogen-bond donors (Lipinski definition) is 2. The van der Waals surface area contributed by atoms with Crippen LogP contribution < -0.4 is 0 Å². The van der Waals surface area contributed by atoms with Gasteiger partial charge in [0.25, 0.3) is 0 Å². The molecule has 1 amide bonds. The first kappa shape index (κ1) is 14.7. The Bertz CT molecular complexity index is 483. The number of aromatic nitrogens is 1. The summed E-state index contributed by atoms with van der Waals surface area (Å²) in [5.74, 6) is -0.536. The van der Waals surface area contributed by atoms with Crippen LogP contribution >= 0.6 is 0 Å². The lowest BCUT2D eigenvalue weighted by Gasteiger charge is -2.30. The predicted octanol–water partition coefficient (Wildman–Crippen LogP) is 2.57. The van der Waals surface area contributed by atoms with Gasteiger partial charge in [0.15, 0.2) is 0 Å². The Hall–Kier alpha value is -1.69. The van der Waals surface area contributed by atoms with Gasteiger partial charge in [-0.2, -0.15) is 0 Å². The Morgan fingerprint density at radius 2 is 2.30 bits per heavy atom. The van der Waals surface area contributed by atoms with Crippen molar-refractivity contribution in [1.82, 2.24) is 9.88 Å². The second-order valence-corrected chi connectivity index (χ2v) is 5.16. The second-order valence-electron chi connectivity index (χ2n) is 5.16. The molecule has 0 saturated carbocycles. The van der Waals surface area contributed by atoms with Crippen LogP contribution in [-0.4, -0.2) is 38.3 Å². The van der Waals surface area contributed by atoms with Crippen molar-refractivity contribution in [2.45, 2.75) is 50.8 Å². The van der Waals surface area contributed by atoms with Gasteiger partial charge >= 0.3 is 6.09 Å². The van der Waals surface area contributed by atoms with Crippen LogP contribution in [0, 0.1) is 5.82 Å². The molecule has 20 heavy (non-hydrogen) atoms. The summed E-state index contributed by atoms with van der Waals surface area (Å²) in [5, 5.41) is 19.7.